The Morgan fingerprint density at radius 2 is 1.93 bits per heavy atom. The maximum Gasteiger partial charge on any atom is 0.238 e. The van der Waals surface area contributed by atoms with Crippen LogP contribution < -0.4 is 4.90 Å². The second-order valence-electron chi connectivity index (χ2n) is 6.31. The van der Waals surface area contributed by atoms with Gasteiger partial charge in [0.05, 0.1) is 12.0 Å². The van der Waals surface area contributed by atoms with E-state index in [1.165, 1.54) is 12.3 Å². The summed E-state index contributed by atoms with van der Waals surface area (Å²) < 4.78 is 24.3. The number of aromatic nitrogens is 2. The van der Waals surface area contributed by atoms with E-state index in [0.717, 1.165) is 0 Å². The Bertz CT molecular complexity index is 901. The molecule has 140 valence electrons. The van der Waals surface area contributed by atoms with E-state index in [9.17, 15) is 9.18 Å². The van der Waals surface area contributed by atoms with Crippen molar-refractivity contribution in [3.63, 3.8) is 0 Å². The highest BCUT2D eigenvalue weighted by Gasteiger charge is 2.23. The maximum atomic E-state index is 13.9. The van der Waals surface area contributed by atoms with Crippen molar-refractivity contribution >= 4 is 11.6 Å². The summed E-state index contributed by atoms with van der Waals surface area (Å²) in [5, 5.41) is 3.85. The molecule has 0 saturated carbocycles. The minimum atomic E-state index is -0.235. The first-order valence-corrected chi connectivity index (χ1v) is 8.84. The van der Waals surface area contributed by atoms with Crippen molar-refractivity contribution in [1.29, 1.82) is 0 Å². The fourth-order valence-electron chi connectivity index (χ4n) is 3.14. The number of para-hydroxylation sites is 1. The van der Waals surface area contributed by atoms with E-state index in [2.05, 4.69) is 10.1 Å². The molecule has 0 unspecified atom stereocenters. The van der Waals surface area contributed by atoms with Gasteiger partial charge in [0.15, 0.2) is 5.76 Å². The molecule has 0 atom stereocenters. The van der Waals surface area contributed by atoms with Crippen LogP contribution in [0.4, 0.5) is 10.1 Å². The third kappa shape index (κ3) is 3.84. The van der Waals surface area contributed by atoms with Crippen LogP contribution in [0.2, 0.25) is 0 Å². The molecule has 0 spiro atoms. The van der Waals surface area contributed by atoms with Crippen LogP contribution in [0, 0.1) is 5.82 Å². The Morgan fingerprint density at radius 1 is 1.11 bits per heavy atom. The van der Waals surface area contributed by atoms with Gasteiger partial charge in [0.25, 0.3) is 0 Å². The summed E-state index contributed by atoms with van der Waals surface area (Å²) in [5.74, 6) is 1.10. The Kier molecular flexibility index (Phi) is 4.86. The largest absolute Gasteiger partial charge is 0.461 e. The average Bonchev–Trinajstić information content (AvgIpc) is 3.38. The number of carbonyl (C=O) groups excluding carboxylic acids is 1. The number of piperazine rings is 1. The number of halogens is 1. The van der Waals surface area contributed by atoms with Gasteiger partial charge in [0.2, 0.25) is 17.6 Å². The summed E-state index contributed by atoms with van der Waals surface area (Å²) in [6, 6.07) is 10.2. The smallest absolute Gasteiger partial charge is 0.238 e. The van der Waals surface area contributed by atoms with E-state index in [4.69, 9.17) is 8.94 Å². The number of nitrogens with zero attached hydrogens (tertiary/aromatic N) is 4. The predicted octanol–water partition coefficient (Wildman–Crippen LogP) is 2.75. The van der Waals surface area contributed by atoms with E-state index in [-0.39, 0.29) is 11.7 Å². The topological polar surface area (TPSA) is 75.6 Å². The molecular formula is C19H19FN4O3. The molecule has 0 bridgehead atoms. The van der Waals surface area contributed by atoms with Crippen molar-refractivity contribution in [2.45, 2.75) is 12.8 Å². The number of carbonyl (C=O) groups is 1. The molecular weight excluding hydrogens is 351 g/mol. The van der Waals surface area contributed by atoms with Gasteiger partial charge in [0, 0.05) is 39.0 Å². The zero-order chi connectivity index (χ0) is 18.6. The highest BCUT2D eigenvalue weighted by Crippen LogP contribution is 2.21. The van der Waals surface area contributed by atoms with E-state index in [1.807, 2.05) is 11.0 Å². The first-order valence-electron chi connectivity index (χ1n) is 8.84. The molecule has 1 amide bonds. The van der Waals surface area contributed by atoms with Crippen molar-refractivity contribution in [3.8, 4) is 11.6 Å². The van der Waals surface area contributed by atoms with Gasteiger partial charge >= 0.3 is 0 Å². The molecule has 1 aromatic carbocycles. The minimum absolute atomic E-state index is 0.0286. The highest BCUT2D eigenvalue weighted by molar-refractivity contribution is 5.76. The van der Waals surface area contributed by atoms with E-state index in [0.29, 0.717) is 62.2 Å². The van der Waals surface area contributed by atoms with Gasteiger partial charge in [-0.05, 0) is 24.3 Å². The zero-order valence-corrected chi connectivity index (χ0v) is 14.7. The van der Waals surface area contributed by atoms with Crippen molar-refractivity contribution in [2.75, 3.05) is 31.1 Å². The van der Waals surface area contributed by atoms with Crippen LogP contribution in [0.15, 0.2) is 51.6 Å². The summed E-state index contributed by atoms with van der Waals surface area (Å²) in [7, 11) is 0. The zero-order valence-electron chi connectivity index (χ0n) is 14.7. The number of anilines is 1. The van der Waals surface area contributed by atoms with E-state index >= 15 is 0 Å². The summed E-state index contributed by atoms with van der Waals surface area (Å²) >= 11 is 0. The minimum Gasteiger partial charge on any atom is -0.461 e. The van der Waals surface area contributed by atoms with E-state index < -0.39 is 0 Å². The molecule has 8 heteroatoms. The molecule has 3 aromatic rings. The lowest BCUT2D eigenvalue weighted by atomic mass is 10.2. The second-order valence-corrected chi connectivity index (χ2v) is 6.31. The lowest BCUT2D eigenvalue weighted by molar-refractivity contribution is -0.131. The van der Waals surface area contributed by atoms with Crippen LogP contribution in [0.3, 0.4) is 0 Å². The number of amides is 1. The lowest BCUT2D eigenvalue weighted by Crippen LogP contribution is -2.49. The first kappa shape index (κ1) is 17.3. The molecule has 1 aliphatic heterocycles. The summed E-state index contributed by atoms with van der Waals surface area (Å²) in [6.07, 6.45) is 2.20. The van der Waals surface area contributed by atoms with Gasteiger partial charge < -0.3 is 18.7 Å². The molecule has 1 saturated heterocycles. The first-order chi connectivity index (χ1) is 13.2. The third-order valence-electron chi connectivity index (χ3n) is 4.59. The number of hydrogen-bond acceptors (Lipinski definition) is 6. The maximum absolute atomic E-state index is 13.9. The normalized spacial score (nSPS) is 14.6. The Hall–Kier alpha value is -3.16. The highest BCUT2D eigenvalue weighted by atomic mass is 19.1. The van der Waals surface area contributed by atoms with Crippen molar-refractivity contribution in [2.24, 2.45) is 0 Å². The van der Waals surface area contributed by atoms with Crippen molar-refractivity contribution < 1.29 is 18.1 Å². The number of hydrogen-bond donors (Lipinski definition) is 0. The van der Waals surface area contributed by atoms with Gasteiger partial charge in [0.1, 0.15) is 5.82 Å². The Labute approximate surface area is 155 Å². The predicted molar refractivity (Wildman–Crippen MR) is 95.5 cm³/mol. The number of furan rings is 1. The van der Waals surface area contributed by atoms with Gasteiger partial charge in [-0.15, -0.1) is 0 Å². The average molecular weight is 370 g/mol. The number of rotatable bonds is 5. The van der Waals surface area contributed by atoms with Crippen LogP contribution in [0.5, 0.6) is 0 Å². The molecule has 4 rings (SSSR count). The van der Waals surface area contributed by atoms with E-state index in [1.54, 1.807) is 29.2 Å². The monoisotopic (exact) mass is 370 g/mol. The molecule has 7 nitrogen and oxygen atoms in total. The molecule has 0 N–H and O–H groups in total. The summed E-state index contributed by atoms with van der Waals surface area (Å²) in [5.41, 5.74) is 0.584. The second kappa shape index (κ2) is 7.61. The molecule has 1 aliphatic rings. The van der Waals surface area contributed by atoms with Crippen molar-refractivity contribution in [1.82, 2.24) is 15.0 Å². The number of benzene rings is 1. The van der Waals surface area contributed by atoms with Crippen LogP contribution in [-0.2, 0) is 11.2 Å². The molecule has 3 heterocycles. The van der Waals surface area contributed by atoms with Gasteiger partial charge in [-0.3, -0.25) is 4.79 Å². The van der Waals surface area contributed by atoms with Gasteiger partial charge in [-0.2, -0.15) is 4.98 Å². The van der Waals surface area contributed by atoms with Crippen LogP contribution >= 0.6 is 0 Å². The Morgan fingerprint density at radius 3 is 2.67 bits per heavy atom. The third-order valence-corrected chi connectivity index (χ3v) is 4.59. The fraction of sp³-hybridized carbons (Fsp3) is 0.316. The van der Waals surface area contributed by atoms with Crippen molar-refractivity contribution in [3.05, 3.63) is 54.4 Å². The number of aryl methyl sites for hydroxylation is 1. The fourth-order valence-corrected chi connectivity index (χ4v) is 3.14. The molecule has 1 fully saturated rings. The summed E-state index contributed by atoms with van der Waals surface area (Å²) in [4.78, 5) is 20.4. The van der Waals surface area contributed by atoms with Crippen LogP contribution in [0.1, 0.15) is 12.3 Å². The van der Waals surface area contributed by atoms with Crippen LogP contribution in [0.25, 0.3) is 11.6 Å². The Balaban J connectivity index is 1.28. The molecule has 27 heavy (non-hydrogen) atoms. The standard InChI is InChI=1S/C19H19FN4O3/c20-14-4-1-2-5-15(14)23-9-11-24(12-10-23)18(25)8-7-17-21-19(22-27-17)16-6-3-13-26-16/h1-6,13H,7-12H2. The van der Waals surface area contributed by atoms with Crippen LogP contribution in [-0.4, -0.2) is 47.1 Å². The SMILES string of the molecule is O=C(CCc1nc(-c2ccco2)no1)N1CCN(c2ccccc2F)CC1. The molecule has 0 radical (unpaired) electrons. The quantitative estimate of drug-likeness (QED) is 0.687. The van der Waals surface area contributed by atoms with Gasteiger partial charge in [-0.1, -0.05) is 17.3 Å². The molecule has 2 aromatic heterocycles. The molecule has 0 aliphatic carbocycles. The van der Waals surface area contributed by atoms with Gasteiger partial charge in [-0.25, -0.2) is 4.39 Å². The summed E-state index contributed by atoms with van der Waals surface area (Å²) in [6.45, 7) is 2.34. The lowest BCUT2D eigenvalue weighted by Gasteiger charge is -2.36.